The van der Waals surface area contributed by atoms with Gasteiger partial charge in [0.2, 0.25) is 11.8 Å². The standard InChI is InChI=1S/C17H22N2O4S/c1-11(15(21)19-10-4-9-17(19,3)16(22)23)24-14-7-5-13(6-8-14)18-12(2)20/h5-8,11H,4,9-10H2,1-3H3,(H,18,20)(H,22,23). The minimum Gasteiger partial charge on any atom is -0.480 e. The van der Waals surface area contributed by atoms with E-state index in [1.807, 2.05) is 12.1 Å². The maximum atomic E-state index is 12.7. The summed E-state index contributed by atoms with van der Waals surface area (Å²) in [5.74, 6) is -1.25. The van der Waals surface area contributed by atoms with E-state index in [9.17, 15) is 19.5 Å². The molecule has 2 N–H and O–H groups in total. The number of thioether (sulfide) groups is 1. The van der Waals surface area contributed by atoms with Crippen LogP contribution in [0.5, 0.6) is 0 Å². The lowest BCUT2D eigenvalue weighted by molar-refractivity contribution is -0.155. The first kappa shape index (κ1) is 18.3. The van der Waals surface area contributed by atoms with Crippen molar-refractivity contribution in [2.45, 2.75) is 49.3 Å². The summed E-state index contributed by atoms with van der Waals surface area (Å²) in [7, 11) is 0. The lowest BCUT2D eigenvalue weighted by Crippen LogP contribution is -2.52. The molecule has 1 aliphatic rings. The molecule has 7 heteroatoms. The zero-order valence-electron chi connectivity index (χ0n) is 14.0. The van der Waals surface area contributed by atoms with E-state index >= 15 is 0 Å². The Morgan fingerprint density at radius 1 is 1.29 bits per heavy atom. The molecule has 0 bridgehead atoms. The molecular weight excluding hydrogens is 328 g/mol. The molecule has 0 radical (unpaired) electrons. The molecule has 130 valence electrons. The van der Waals surface area contributed by atoms with Crippen LogP contribution in [0.1, 0.15) is 33.6 Å². The number of carbonyl (C=O) groups is 3. The zero-order chi connectivity index (χ0) is 17.9. The second-order valence-electron chi connectivity index (χ2n) is 6.14. The summed E-state index contributed by atoms with van der Waals surface area (Å²) < 4.78 is 0. The van der Waals surface area contributed by atoms with Gasteiger partial charge >= 0.3 is 5.97 Å². The monoisotopic (exact) mass is 350 g/mol. The normalized spacial score (nSPS) is 21.4. The van der Waals surface area contributed by atoms with Crippen LogP contribution in [0, 0.1) is 0 Å². The molecule has 1 saturated heterocycles. The number of rotatable bonds is 5. The van der Waals surface area contributed by atoms with E-state index in [0.717, 1.165) is 4.90 Å². The fourth-order valence-corrected chi connectivity index (χ4v) is 3.76. The van der Waals surface area contributed by atoms with E-state index in [1.165, 1.54) is 23.6 Å². The number of anilines is 1. The summed E-state index contributed by atoms with van der Waals surface area (Å²) in [6, 6.07) is 7.22. The predicted octanol–water partition coefficient (Wildman–Crippen LogP) is 2.59. The van der Waals surface area contributed by atoms with Crippen molar-refractivity contribution < 1.29 is 19.5 Å². The number of carboxylic acid groups (broad SMARTS) is 1. The molecule has 1 heterocycles. The summed E-state index contributed by atoms with van der Waals surface area (Å²) in [5, 5.41) is 11.7. The number of hydrogen-bond acceptors (Lipinski definition) is 4. The molecule has 2 atom stereocenters. The summed E-state index contributed by atoms with van der Waals surface area (Å²) in [6.45, 7) is 5.32. The Bertz CT molecular complexity index is 646. The van der Waals surface area contributed by atoms with Crippen molar-refractivity contribution in [2.75, 3.05) is 11.9 Å². The summed E-state index contributed by atoms with van der Waals surface area (Å²) in [4.78, 5) is 37.6. The van der Waals surface area contributed by atoms with Crippen LogP contribution < -0.4 is 5.32 Å². The van der Waals surface area contributed by atoms with Gasteiger partial charge in [-0.15, -0.1) is 11.8 Å². The van der Waals surface area contributed by atoms with Crippen LogP contribution in [0.3, 0.4) is 0 Å². The molecule has 0 saturated carbocycles. The maximum Gasteiger partial charge on any atom is 0.329 e. The van der Waals surface area contributed by atoms with Crippen LogP contribution in [0.2, 0.25) is 0 Å². The fourth-order valence-electron chi connectivity index (χ4n) is 2.83. The maximum absolute atomic E-state index is 12.7. The predicted molar refractivity (Wildman–Crippen MR) is 93.1 cm³/mol. The first-order valence-electron chi connectivity index (χ1n) is 7.83. The Hall–Kier alpha value is -2.02. The lowest BCUT2D eigenvalue weighted by atomic mass is 9.99. The third kappa shape index (κ3) is 3.90. The van der Waals surface area contributed by atoms with Gasteiger partial charge in [-0.3, -0.25) is 9.59 Å². The Kier molecular flexibility index (Phi) is 5.54. The summed E-state index contributed by atoms with van der Waals surface area (Å²) >= 11 is 1.38. The summed E-state index contributed by atoms with van der Waals surface area (Å²) in [6.07, 6.45) is 1.19. The molecule has 0 aliphatic carbocycles. The third-order valence-electron chi connectivity index (χ3n) is 4.20. The molecule has 1 fully saturated rings. The molecule has 0 aromatic heterocycles. The van der Waals surface area contributed by atoms with Gasteiger partial charge in [-0.25, -0.2) is 4.79 Å². The number of benzene rings is 1. The van der Waals surface area contributed by atoms with E-state index < -0.39 is 11.5 Å². The van der Waals surface area contributed by atoms with Crippen LogP contribution in [-0.4, -0.2) is 45.1 Å². The highest BCUT2D eigenvalue weighted by Crippen LogP contribution is 2.33. The van der Waals surface area contributed by atoms with Gasteiger partial charge in [0.05, 0.1) is 5.25 Å². The van der Waals surface area contributed by atoms with Crippen LogP contribution in [0.15, 0.2) is 29.2 Å². The number of amides is 2. The smallest absolute Gasteiger partial charge is 0.329 e. The van der Waals surface area contributed by atoms with Crippen molar-refractivity contribution in [1.82, 2.24) is 4.90 Å². The van der Waals surface area contributed by atoms with E-state index in [1.54, 1.807) is 26.0 Å². The molecule has 0 spiro atoms. The Morgan fingerprint density at radius 2 is 1.92 bits per heavy atom. The van der Waals surface area contributed by atoms with Gasteiger partial charge < -0.3 is 15.3 Å². The van der Waals surface area contributed by atoms with Gasteiger partial charge in [-0.1, -0.05) is 0 Å². The molecule has 1 aliphatic heterocycles. The van der Waals surface area contributed by atoms with Gasteiger partial charge in [0.15, 0.2) is 0 Å². The average molecular weight is 350 g/mol. The number of nitrogens with zero attached hydrogens (tertiary/aromatic N) is 1. The summed E-state index contributed by atoms with van der Waals surface area (Å²) in [5.41, 5.74) is -0.412. The Morgan fingerprint density at radius 3 is 2.46 bits per heavy atom. The van der Waals surface area contributed by atoms with E-state index in [0.29, 0.717) is 25.1 Å². The van der Waals surface area contributed by atoms with Gasteiger partial charge in [-0.2, -0.15) is 0 Å². The highest BCUT2D eigenvalue weighted by Gasteiger charge is 2.46. The SMILES string of the molecule is CC(=O)Nc1ccc(SC(C)C(=O)N2CCCC2(C)C(=O)O)cc1. The number of nitrogens with one attached hydrogen (secondary N) is 1. The van der Waals surface area contributed by atoms with E-state index in [2.05, 4.69) is 5.32 Å². The molecule has 24 heavy (non-hydrogen) atoms. The van der Waals surface area contributed by atoms with E-state index in [4.69, 9.17) is 0 Å². The van der Waals surface area contributed by atoms with Crippen molar-refractivity contribution in [2.24, 2.45) is 0 Å². The van der Waals surface area contributed by atoms with Crippen molar-refractivity contribution in [3.8, 4) is 0 Å². The van der Waals surface area contributed by atoms with Crippen molar-refractivity contribution >= 4 is 35.2 Å². The topological polar surface area (TPSA) is 86.7 Å². The quantitative estimate of drug-likeness (QED) is 0.797. The molecule has 6 nitrogen and oxygen atoms in total. The average Bonchev–Trinajstić information content (AvgIpc) is 2.91. The molecule has 1 aromatic rings. The number of hydrogen-bond donors (Lipinski definition) is 2. The molecular formula is C17H22N2O4S. The van der Waals surface area contributed by atoms with Gasteiger partial charge in [0.1, 0.15) is 5.54 Å². The largest absolute Gasteiger partial charge is 0.480 e. The number of aliphatic carboxylic acids is 1. The fraction of sp³-hybridized carbons (Fsp3) is 0.471. The van der Waals surface area contributed by atoms with Crippen LogP contribution >= 0.6 is 11.8 Å². The van der Waals surface area contributed by atoms with Gasteiger partial charge in [-0.05, 0) is 51.0 Å². The molecule has 2 rings (SSSR count). The highest BCUT2D eigenvalue weighted by atomic mass is 32.2. The van der Waals surface area contributed by atoms with Crippen molar-refractivity contribution in [1.29, 1.82) is 0 Å². The second-order valence-corrected chi connectivity index (χ2v) is 7.55. The third-order valence-corrected chi connectivity index (χ3v) is 5.30. The van der Waals surface area contributed by atoms with Gasteiger partial charge in [0.25, 0.3) is 0 Å². The minimum absolute atomic E-state index is 0.138. The minimum atomic E-state index is -1.11. The lowest BCUT2D eigenvalue weighted by Gasteiger charge is -2.33. The Labute approximate surface area is 145 Å². The highest BCUT2D eigenvalue weighted by molar-refractivity contribution is 8.00. The number of carboxylic acids is 1. The van der Waals surface area contributed by atoms with Crippen LogP contribution in [0.4, 0.5) is 5.69 Å². The number of likely N-dealkylation sites (tertiary alicyclic amines) is 1. The van der Waals surface area contributed by atoms with Crippen LogP contribution in [-0.2, 0) is 14.4 Å². The van der Waals surface area contributed by atoms with Gasteiger partial charge in [0, 0.05) is 24.1 Å². The molecule has 1 aromatic carbocycles. The first-order valence-corrected chi connectivity index (χ1v) is 8.71. The second kappa shape index (κ2) is 7.25. The molecule has 2 amide bonds. The van der Waals surface area contributed by atoms with Crippen molar-refractivity contribution in [3.05, 3.63) is 24.3 Å². The molecule has 2 unspecified atom stereocenters. The van der Waals surface area contributed by atoms with Crippen LogP contribution in [0.25, 0.3) is 0 Å². The zero-order valence-corrected chi connectivity index (χ0v) is 14.9. The Balaban J connectivity index is 2.03. The van der Waals surface area contributed by atoms with Crippen molar-refractivity contribution in [3.63, 3.8) is 0 Å². The number of carbonyl (C=O) groups excluding carboxylic acids is 2. The first-order chi connectivity index (χ1) is 11.2. The van der Waals surface area contributed by atoms with E-state index in [-0.39, 0.29) is 17.1 Å².